The van der Waals surface area contributed by atoms with Crippen molar-refractivity contribution in [1.29, 1.82) is 0 Å². The zero-order valence-electron chi connectivity index (χ0n) is 13.0. The van der Waals surface area contributed by atoms with E-state index in [-0.39, 0.29) is 27.9 Å². The molecule has 0 radical (unpaired) electrons. The number of nitrogens with one attached hydrogen (secondary N) is 1. The number of esters is 1. The van der Waals surface area contributed by atoms with Crippen LogP contribution in [0.2, 0.25) is 0 Å². The Labute approximate surface area is 151 Å². The fourth-order valence-corrected chi connectivity index (χ4v) is 6.26. The van der Waals surface area contributed by atoms with Crippen LogP contribution in [0.5, 0.6) is 5.75 Å². The van der Waals surface area contributed by atoms with Gasteiger partial charge in [0.05, 0.1) is 16.2 Å². The summed E-state index contributed by atoms with van der Waals surface area (Å²) in [6, 6.07) is 17.6. The molecule has 0 saturated carbocycles. The Kier molecular flexibility index (Phi) is 3.36. The van der Waals surface area contributed by atoms with Crippen LogP contribution in [0.15, 0.2) is 64.4 Å². The molecule has 124 valence electrons. The molecule has 0 spiro atoms. The van der Waals surface area contributed by atoms with Crippen LogP contribution in [0.25, 0.3) is 0 Å². The molecule has 0 amide bonds. The highest BCUT2D eigenvalue weighted by Gasteiger charge is 2.49. The van der Waals surface area contributed by atoms with Gasteiger partial charge in [-0.15, -0.1) is 0 Å². The van der Waals surface area contributed by atoms with Crippen LogP contribution in [-0.2, 0) is 4.79 Å². The molecular formula is C19H13NO3S2. The Morgan fingerprint density at radius 3 is 2.56 bits per heavy atom. The van der Waals surface area contributed by atoms with Gasteiger partial charge in [0.2, 0.25) is 0 Å². The van der Waals surface area contributed by atoms with E-state index in [1.54, 1.807) is 11.8 Å². The second-order valence-electron chi connectivity index (χ2n) is 6.12. The van der Waals surface area contributed by atoms with Gasteiger partial charge in [-0.2, -0.15) is 0 Å². The summed E-state index contributed by atoms with van der Waals surface area (Å²) in [6.07, 6.45) is 0. The van der Waals surface area contributed by atoms with Gasteiger partial charge < -0.3 is 9.72 Å². The van der Waals surface area contributed by atoms with Crippen molar-refractivity contribution in [2.75, 3.05) is 0 Å². The number of H-pyrrole nitrogens is 1. The predicted octanol–water partition coefficient (Wildman–Crippen LogP) is 3.95. The second kappa shape index (κ2) is 5.61. The Balaban J connectivity index is 1.75. The first kappa shape index (κ1) is 15.0. The van der Waals surface area contributed by atoms with Gasteiger partial charge in [0.1, 0.15) is 5.75 Å². The minimum Gasteiger partial charge on any atom is -0.426 e. The molecule has 3 heterocycles. The highest BCUT2D eigenvalue weighted by Crippen LogP contribution is 2.58. The van der Waals surface area contributed by atoms with Crippen molar-refractivity contribution in [3.8, 4) is 5.75 Å². The monoisotopic (exact) mass is 367 g/mol. The SMILES string of the molecule is O=C1Oc2ccccc2[C@H]2c3sc(=O)[nH]c3S[C@H](c3ccccc3)[C@@H]12. The fraction of sp³-hybridized carbons (Fsp3) is 0.158. The molecule has 0 bridgehead atoms. The van der Waals surface area contributed by atoms with E-state index in [1.807, 2.05) is 54.6 Å². The standard InChI is InChI=1S/C19H13NO3S2/c21-18-14-13(11-8-4-5-9-12(11)23-18)16-17(20-19(22)25-16)24-15(14)10-6-2-1-3-7-10/h1-9,13-15H,(H,20,22)/t13-,14+,15-/m1/s1. The lowest BCUT2D eigenvalue weighted by molar-refractivity contribution is -0.140. The van der Waals surface area contributed by atoms with E-state index in [9.17, 15) is 9.59 Å². The maximum Gasteiger partial charge on any atom is 0.316 e. The number of para-hydroxylation sites is 1. The minimum atomic E-state index is -0.346. The maximum atomic E-state index is 12.9. The topological polar surface area (TPSA) is 59.2 Å². The molecule has 1 N–H and O–H groups in total. The van der Waals surface area contributed by atoms with E-state index in [4.69, 9.17) is 4.74 Å². The summed E-state index contributed by atoms with van der Waals surface area (Å²) < 4.78 is 5.64. The molecule has 0 saturated heterocycles. The smallest absolute Gasteiger partial charge is 0.316 e. The van der Waals surface area contributed by atoms with Gasteiger partial charge in [-0.3, -0.25) is 9.59 Å². The summed E-state index contributed by atoms with van der Waals surface area (Å²) in [5.74, 6) is -0.125. The molecule has 2 aliphatic rings. The molecule has 6 heteroatoms. The van der Waals surface area contributed by atoms with Crippen molar-refractivity contribution in [2.24, 2.45) is 5.92 Å². The summed E-state index contributed by atoms with van der Waals surface area (Å²) in [4.78, 5) is 28.7. The Hall–Kier alpha value is -2.31. The zero-order valence-corrected chi connectivity index (χ0v) is 14.6. The van der Waals surface area contributed by atoms with E-state index >= 15 is 0 Å². The van der Waals surface area contributed by atoms with Crippen molar-refractivity contribution < 1.29 is 9.53 Å². The third-order valence-electron chi connectivity index (χ3n) is 4.72. The molecular weight excluding hydrogens is 354 g/mol. The molecule has 4 nitrogen and oxygen atoms in total. The number of carbonyl (C=O) groups excluding carboxylic acids is 1. The van der Waals surface area contributed by atoms with Crippen LogP contribution in [0.3, 0.4) is 0 Å². The van der Waals surface area contributed by atoms with E-state index in [0.717, 1.165) is 21.0 Å². The van der Waals surface area contributed by atoms with Gasteiger partial charge in [-0.1, -0.05) is 71.6 Å². The molecule has 3 atom stereocenters. The van der Waals surface area contributed by atoms with Gasteiger partial charge in [0, 0.05) is 16.4 Å². The van der Waals surface area contributed by atoms with E-state index in [2.05, 4.69) is 4.98 Å². The second-order valence-corrected chi connectivity index (χ2v) is 8.29. The molecule has 5 rings (SSSR count). The number of thiazole rings is 1. The van der Waals surface area contributed by atoms with Gasteiger partial charge in [-0.05, 0) is 11.6 Å². The van der Waals surface area contributed by atoms with Crippen molar-refractivity contribution in [3.63, 3.8) is 0 Å². The highest BCUT2D eigenvalue weighted by atomic mass is 32.2. The van der Waals surface area contributed by atoms with E-state index in [0.29, 0.717) is 5.75 Å². The molecule has 0 fully saturated rings. The van der Waals surface area contributed by atoms with Gasteiger partial charge >= 0.3 is 10.8 Å². The third-order valence-corrected chi connectivity index (χ3v) is 7.19. The lowest BCUT2D eigenvalue weighted by Crippen LogP contribution is -2.37. The number of thioether (sulfide) groups is 1. The quantitative estimate of drug-likeness (QED) is 0.523. The lowest BCUT2D eigenvalue weighted by atomic mass is 9.78. The number of ether oxygens (including phenoxy) is 1. The lowest BCUT2D eigenvalue weighted by Gasteiger charge is -2.39. The van der Waals surface area contributed by atoms with E-state index in [1.165, 1.54) is 11.3 Å². The Morgan fingerprint density at radius 2 is 1.72 bits per heavy atom. The van der Waals surface area contributed by atoms with Crippen LogP contribution in [-0.4, -0.2) is 11.0 Å². The molecule has 1 aromatic heterocycles. The summed E-state index contributed by atoms with van der Waals surface area (Å²) >= 11 is 2.75. The zero-order chi connectivity index (χ0) is 17.0. The number of hydrogen-bond donors (Lipinski definition) is 1. The molecule has 3 aromatic rings. The van der Waals surface area contributed by atoms with Crippen LogP contribution in [0.4, 0.5) is 0 Å². The molecule has 2 aliphatic heterocycles. The predicted molar refractivity (Wildman–Crippen MR) is 97.4 cm³/mol. The average Bonchev–Trinajstić information content (AvgIpc) is 3.01. The van der Waals surface area contributed by atoms with Crippen LogP contribution < -0.4 is 9.61 Å². The number of aromatic amines is 1. The summed E-state index contributed by atoms with van der Waals surface area (Å²) in [5.41, 5.74) is 2.04. The number of rotatable bonds is 1. The van der Waals surface area contributed by atoms with Gasteiger partial charge in [-0.25, -0.2) is 0 Å². The van der Waals surface area contributed by atoms with Gasteiger partial charge in [0.15, 0.2) is 0 Å². The first-order chi connectivity index (χ1) is 12.2. The summed E-state index contributed by atoms with van der Waals surface area (Å²) in [7, 11) is 0. The fourth-order valence-electron chi connectivity index (χ4n) is 3.68. The number of fused-ring (bicyclic) bond motifs is 5. The van der Waals surface area contributed by atoms with Crippen LogP contribution in [0.1, 0.15) is 27.2 Å². The van der Waals surface area contributed by atoms with Crippen molar-refractivity contribution in [2.45, 2.75) is 16.2 Å². The van der Waals surface area contributed by atoms with Crippen LogP contribution in [0, 0.1) is 5.92 Å². The molecule has 2 aromatic carbocycles. The minimum absolute atomic E-state index is 0.0821. The van der Waals surface area contributed by atoms with Crippen molar-refractivity contribution >= 4 is 29.1 Å². The van der Waals surface area contributed by atoms with Crippen LogP contribution >= 0.6 is 23.1 Å². The average molecular weight is 367 g/mol. The molecule has 25 heavy (non-hydrogen) atoms. The first-order valence-electron chi connectivity index (χ1n) is 7.97. The van der Waals surface area contributed by atoms with Crippen molar-refractivity contribution in [3.05, 3.63) is 80.3 Å². The Morgan fingerprint density at radius 1 is 0.960 bits per heavy atom. The normalized spacial score (nSPS) is 24.0. The third kappa shape index (κ3) is 2.28. The summed E-state index contributed by atoms with van der Waals surface area (Å²) in [6.45, 7) is 0. The van der Waals surface area contributed by atoms with Gasteiger partial charge in [0.25, 0.3) is 0 Å². The number of carbonyl (C=O) groups is 1. The van der Waals surface area contributed by atoms with Crippen molar-refractivity contribution in [1.82, 2.24) is 4.98 Å². The molecule has 0 unspecified atom stereocenters. The largest absolute Gasteiger partial charge is 0.426 e. The van der Waals surface area contributed by atoms with E-state index < -0.39 is 0 Å². The first-order valence-corrected chi connectivity index (χ1v) is 9.67. The molecule has 0 aliphatic carbocycles. The number of hydrogen-bond acceptors (Lipinski definition) is 5. The highest BCUT2D eigenvalue weighted by molar-refractivity contribution is 7.99. The number of aromatic nitrogens is 1. The maximum absolute atomic E-state index is 12.9. The number of benzene rings is 2. The Bertz CT molecular complexity index is 1020. The summed E-state index contributed by atoms with van der Waals surface area (Å²) in [5, 5.41) is 0.777.